The van der Waals surface area contributed by atoms with Crippen molar-refractivity contribution in [3.63, 3.8) is 0 Å². The zero-order valence-electron chi connectivity index (χ0n) is 9.34. The fraction of sp³-hybridized carbons (Fsp3) is 1.00. The third kappa shape index (κ3) is 3.11. The number of rotatable bonds is 7. The zero-order valence-corrected chi connectivity index (χ0v) is 11.5. The summed E-state index contributed by atoms with van der Waals surface area (Å²) in [7, 11) is 0. The summed E-state index contributed by atoms with van der Waals surface area (Å²) in [6.45, 7) is 2.31. The van der Waals surface area contributed by atoms with Gasteiger partial charge in [0.05, 0.1) is 0 Å². The first-order valence-electron chi connectivity index (χ1n) is 6.41. The Morgan fingerprint density at radius 2 is 1.71 bits per heavy atom. The lowest BCUT2D eigenvalue weighted by Crippen LogP contribution is -1.89. The number of halogens is 1. The van der Waals surface area contributed by atoms with Gasteiger partial charge in [0.1, 0.15) is 0 Å². The first-order chi connectivity index (χ1) is 6.85. The molecule has 0 amide bonds. The molecule has 2 aliphatic carbocycles. The molecular formula is C13H23I. The largest absolute Gasteiger partial charge is 0.0861 e. The monoisotopic (exact) mass is 306 g/mol. The Balaban J connectivity index is 1.50. The van der Waals surface area contributed by atoms with Gasteiger partial charge in [-0.05, 0) is 42.9 Å². The average molecular weight is 306 g/mol. The lowest BCUT2D eigenvalue weighted by molar-refractivity contribution is 0.533. The molecule has 0 aromatic rings. The molecule has 0 nitrogen and oxygen atoms in total. The Morgan fingerprint density at radius 3 is 2.36 bits per heavy atom. The summed E-state index contributed by atoms with van der Waals surface area (Å²) in [5, 5.41) is 0. The summed E-state index contributed by atoms with van der Waals surface area (Å²) in [5.74, 6) is 4.57. The molecule has 14 heavy (non-hydrogen) atoms. The van der Waals surface area contributed by atoms with Crippen LogP contribution in [0.2, 0.25) is 0 Å². The van der Waals surface area contributed by atoms with Crippen LogP contribution in [0.5, 0.6) is 0 Å². The minimum atomic E-state index is 1.12. The second-order valence-electron chi connectivity index (χ2n) is 5.40. The van der Waals surface area contributed by atoms with E-state index < -0.39 is 0 Å². The molecular weight excluding hydrogens is 283 g/mol. The maximum absolute atomic E-state index is 2.56. The van der Waals surface area contributed by atoms with E-state index >= 15 is 0 Å². The first-order valence-corrected chi connectivity index (χ1v) is 7.93. The molecule has 0 radical (unpaired) electrons. The summed E-state index contributed by atoms with van der Waals surface area (Å²) < 4.78 is 1.41. The van der Waals surface area contributed by atoms with E-state index in [1.807, 2.05) is 0 Å². The van der Waals surface area contributed by atoms with Gasteiger partial charge in [-0.1, -0.05) is 55.2 Å². The van der Waals surface area contributed by atoms with Gasteiger partial charge in [-0.25, -0.2) is 0 Å². The highest BCUT2D eigenvalue weighted by Crippen LogP contribution is 2.53. The smallest absolute Gasteiger partial charge is 0.00264 e. The van der Waals surface area contributed by atoms with Crippen molar-refractivity contribution in [2.24, 2.45) is 23.7 Å². The van der Waals surface area contributed by atoms with Gasteiger partial charge in [-0.2, -0.15) is 0 Å². The van der Waals surface area contributed by atoms with E-state index in [0.717, 1.165) is 23.7 Å². The van der Waals surface area contributed by atoms with Crippen LogP contribution in [0.3, 0.4) is 0 Å². The van der Waals surface area contributed by atoms with Gasteiger partial charge in [0.25, 0.3) is 0 Å². The maximum Gasteiger partial charge on any atom is 0.00264 e. The van der Waals surface area contributed by atoms with Crippen molar-refractivity contribution in [3.8, 4) is 0 Å². The van der Waals surface area contributed by atoms with E-state index in [2.05, 4.69) is 29.5 Å². The van der Waals surface area contributed by atoms with Gasteiger partial charge in [0, 0.05) is 4.43 Å². The second-order valence-corrected chi connectivity index (χ2v) is 6.28. The third-order valence-corrected chi connectivity index (χ3v) is 5.25. The Morgan fingerprint density at radius 1 is 1.00 bits per heavy atom. The molecule has 2 unspecified atom stereocenters. The summed E-state index contributed by atoms with van der Waals surface area (Å²) in [6, 6.07) is 0. The van der Waals surface area contributed by atoms with Crippen LogP contribution in [0.15, 0.2) is 0 Å². The minimum Gasteiger partial charge on any atom is -0.0861 e. The Bertz CT molecular complexity index is 178. The van der Waals surface area contributed by atoms with Crippen molar-refractivity contribution < 1.29 is 0 Å². The molecule has 0 aromatic carbocycles. The van der Waals surface area contributed by atoms with E-state index in [9.17, 15) is 0 Å². The Labute approximate surface area is 102 Å². The van der Waals surface area contributed by atoms with Crippen molar-refractivity contribution in [1.82, 2.24) is 0 Å². The highest BCUT2D eigenvalue weighted by molar-refractivity contribution is 14.1. The van der Waals surface area contributed by atoms with Crippen molar-refractivity contribution in [1.29, 1.82) is 0 Å². The van der Waals surface area contributed by atoms with E-state index in [1.165, 1.54) is 23.7 Å². The predicted octanol–water partition coefficient (Wildman–Crippen LogP) is 4.66. The standard InChI is InChI=1S/C13H23I/c1-2-3-4-5-10-6-11(10)7-12-8-13(12)9-14/h10-13H,2-9H2,1H3/t10?,11-,12?,13-/m0/s1. The van der Waals surface area contributed by atoms with Gasteiger partial charge in [0.2, 0.25) is 0 Å². The van der Waals surface area contributed by atoms with E-state index in [0.29, 0.717) is 0 Å². The van der Waals surface area contributed by atoms with Crippen LogP contribution >= 0.6 is 22.6 Å². The molecule has 82 valence electrons. The topological polar surface area (TPSA) is 0 Å². The van der Waals surface area contributed by atoms with E-state index in [1.54, 1.807) is 25.7 Å². The maximum atomic E-state index is 2.56. The van der Waals surface area contributed by atoms with E-state index in [-0.39, 0.29) is 0 Å². The first kappa shape index (κ1) is 11.2. The lowest BCUT2D eigenvalue weighted by Gasteiger charge is -1.99. The van der Waals surface area contributed by atoms with Crippen molar-refractivity contribution in [2.45, 2.75) is 51.9 Å². The van der Waals surface area contributed by atoms with Crippen molar-refractivity contribution in [3.05, 3.63) is 0 Å². The zero-order chi connectivity index (χ0) is 9.97. The third-order valence-electron chi connectivity index (χ3n) is 4.12. The number of unbranched alkanes of at least 4 members (excludes halogenated alkanes) is 2. The SMILES string of the molecule is CCCCCC1C[C@H]1CC1C[C@H]1CI. The highest BCUT2D eigenvalue weighted by atomic mass is 127. The molecule has 2 aliphatic rings. The summed E-state index contributed by atoms with van der Waals surface area (Å²) in [6.07, 6.45) is 10.6. The van der Waals surface area contributed by atoms with Gasteiger partial charge >= 0.3 is 0 Å². The molecule has 0 bridgehead atoms. The van der Waals surface area contributed by atoms with Gasteiger partial charge in [0.15, 0.2) is 0 Å². The molecule has 0 N–H and O–H groups in total. The molecule has 4 atom stereocenters. The van der Waals surface area contributed by atoms with Crippen LogP contribution in [0, 0.1) is 23.7 Å². The highest BCUT2D eigenvalue weighted by Gasteiger charge is 2.44. The Kier molecular flexibility index (Phi) is 4.15. The minimum absolute atomic E-state index is 1.12. The number of hydrogen-bond donors (Lipinski definition) is 0. The average Bonchev–Trinajstić information content (AvgIpc) is 3.06. The van der Waals surface area contributed by atoms with Crippen LogP contribution in [-0.4, -0.2) is 4.43 Å². The summed E-state index contributed by atoms with van der Waals surface area (Å²) >= 11 is 2.56. The van der Waals surface area contributed by atoms with Crippen molar-refractivity contribution in [2.75, 3.05) is 4.43 Å². The quantitative estimate of drug-likeness (QED) is 0.364. The summed E-state index contributed by atoms with van der Waals surface area (Å²) in [5.41, 5.74) is 0. The van der Waals surface area contributed by atoms with Crippen LogP contribution in [0.25, 0.3) is 0 Å². The summed E-state index contributed by atoms with van der Waals surface area (Å²) in [4.78, 5) is 0. The normalized spacial score (nSPS) is 39.9. The molecule has 0 aliphatic heterocycles. The molecule has 0 saturated heterocycles. The van der Waals surface area contributed by atoms with Gasteiger partial charge < -0.3 is 0 Å². The van der Waals surface area contributed by atoms with Gasteiger partial charge in [-0.15, -0.1) is 0 Å². The van der Waals surface area contributed by atoms with E-state index in [4.69, 9.17) is 0 Å². The fourth-order valence-electron chi connectivity index (χ4n) is 2.79. The van der Waals surface area contributed by atoms with Gasteiger partial charge in [-0.3, -0.25) is 0 Å². The predicted molar refractivity (Wildman–Crippen MR) is 70.8 cm³/mol. The lowest BCUT2D eigenvalue weighted by atomic mass is 10.1. The van der Waals surface area contributed by atoms with Crippen LogP contribution in [-0.2, 0) is 0 Å². The van der Waals surface area contributed by atoms with Crippen LogP contribution < -0.4 is 0 Å². The molecule has 0 aromatic heterocycles. The molecule has 0 heterocycles. The van der Waals surface area contributed by atoms with Crippen molar-refractivity contribution >= 4 is 22.6 Å². The molecule has 1 heteroatoms. The fourth-order valence-corrected chi connectivity index (χ4v) is 3.86. The second kappa shape index (κ2) is 5.18. The molecule has 2 rings (SSSR count). The molecule has 0 spiro atoms. The molecule has 2 saturated carbocycles. The number of alkyl halides is 1. The van der Waals surface area contributed by atoms with Crippen LogP contribution in [0.4, 0.5) is 0 Å². The molecule has 2 fully saturated rings. The number of hydrogen-bond acceptors (Lipinski definition) is 0. The van der Waals surface area contributed by atoms with Crippen LogP contribution in [0.1, 0.15) is 51.9 Å². The Hall–Kier alpha value is 0.730.